The lowest BCUT2D eigenvalue weighted by Crippen LogP contribution is -2.38. The summed E-state index contributed by atoms with van der Waals surface area (Å²) in [6.07, 6.45) is 0. The van der Waals surface area contributed by atoms with E-state index in [1.807, 2.05) is 0 Å². The Bertz CT molecular complexity index is 513. The fourth-order valence-electron chi connectivity index (χ4n) is 1.61. The Kier molecular flexibility index (Phi) is 7.07. The number of carbonyl (C=O) groups excluding carboxylic acids is 1. The van der Waals surface area contributed by atoms with Gasteiger partial charge in [0.05, 0.1) is 25.4 Å². The van der Waals surface area contributed by atoms with E-state index in [1.54, 1.807) is 0 Å². The SMILES string of the molecule is COCCN(CC(=O)O)CC(=O)Nc1ccc(Cl)cc1F. The van der Waals surface area contributed by atoms with Gasteiger partial charge in [-0.15, -0.1) is 0 Å². The quantitative estimate of drug-likeness (QED) is 0.758. The highest BCUT2D eigenvalue weighted by molar-refractivity contribution is 6.30. The van der Waals surface area contributed by atoms with Crippen molar-refractivity contribution >= 4 is 29.2 Å². The topological polar surface area (TPSA) is 78.9 Å². The van der Waals surface area contributed by atoms with Gasteiger partial charge in [-0.3, -0.25) is 14.5 Å². The molecule has 6 nitrogen and oxygen atoms in total. The van der Waals surface area contributed by atoms with Gasteiger partial charge in [-0.2, -0.15) is 0 Å². The molecule has 0 heterocycles. The molecule has 0 spiro atoms. The van der Waals surface area contributed by atoms with Crippen molar-refractivity contribution in [2.45, 2.75) is 0 Å². The van der Waals surface area contributed by atoms with Crippen molar-refractivity contribution in [3.05, 3.63) is 29.0 Å². The second-order valence-electron chi connectivity index (χ2n) is 4.27. The smallest absolute Gasteiger partial charge is 0.317 e. The molecule has 0 radical (unpaired) electrons. The number of carboxylic acids is 1. The molecule has 0 fully saturated rings. The van der Waals surface area contributed by atoms with Crippen LogP contribution in [0.4, 0.5) is 10.1 Å². The van der Waals surface area contributed by atoms with Crippen molar-refractivity contribution in [2.24, 2.45) is 0 Å². The van der Waals surface area contributed by atoms with Crippen LogP contribution in [-0.4, -0.2) is 55.2 Å². The van der Waals surface area contributed by atoms with Crippen molar-refractivity contribution in [2.75, 3.05) is 38.7 Å². The Morgan fingerprint density at radius 1 is 1.43 bits per heavy atom. The minimum absolute atomic E-state index is 0.00795. The summed E-state index contributed by atoms with van der Waals surface area (Å²) < 4.78 is 18.4. The van der Waals surface area contributed by atoms with Crippen LogP contribution < -0.4 is 5.32 Å². The maximum absolute atomic E-state index is 13.5. The molecule has 21 heavy (non-hydrogen) atoms. The number of aliphatic carboxylic acids is 1. The summed E-state index contributed by atoms with van der Waals surface area (Å²) in [6.45, 7) is 0.0762. The molecule has 0 saturated heterocycles. The van der Waals surface area contributed by atoms with Crippen LogP contribution in [0.2, 0.25) is 5.02 Å². The van der Waals surface area contributed by atoms with Crippen LogP contribution in [-0.2, 0) is 14.3 Å². The number of carboxylic acid groups (broad SMARTS) is 1. The molecule has 0 atom stereocenters. The lowest BCUT2D eigenvalue weighted by Gasteiger charge is -2.19. The van der Waals surface area contributed by atoms with E-state index in [1.165, 1.54) is 24.1 Å². The number of hydrogen-bond acceptors (Lipinski definition) is 4. The van der Waals surface area contributed by atoms with Gasteiger partial charge in [0.15, 0.2) is 0 Å². The molecule has 8 heteroatoms. The number of nitrogens with one attached hydrogen (secondary N) is 1. The van der Waals surface area contributed by atoms with Crippen molar-refractivity contribution < 1.29 is 23.8 Å². The second kappa shape index (κ2) is 8.56. The number of benzene rings is 1. The van der Waals surface area contributed by atoms with Gasteiger partial charge in [0.2, 0.25) is 5.91 Å². The maximum atomic E-state index is 13.5. The van der Waals surface area contributed by atoms with E-state index in [9.17, 15) is 14.0 Å². The number of amides is 1. The number of hydrogen-bond donors (Lipinski definition) is 2. The average molecular weight is 319 g/mol. The third-order valence-electron chi connectivity index (χ3n) is 2.54. The maximum Gasteiger partial charge on any atom is 0.317 e. The van der Waals surface area contributed by atoms with Crippen LogP contribution in [0.1, 0.15) is 0 Å². The number of carbonyl (C=O) groups is 2. The van der Waals surface area contributed by atoms with E-state index in [4.69, 9.17) is 21.4 Å². The van der Waals surface area contributed by atoms with Crippen LogP contribution in [0.5, 0.6) is 0 Å². The van der Waals surface area contributed by atoms with Gasteiger partial charge >= 0.3 is 5.97 Å². The lowest BCUT2D eigenvalue weighted by molar-refractivity contribution is -0.138. The Morgan fingerprint density at radius 3 is 2.71 bits per heavy atom. The molecule has 1 aromatic rings. The van der Waals surface area contributed by atoms with E-state index in [2.05, 4.69) is 5.32 Å². The minimum atomic E-state index is -1.06. The van der Waals surface area contributed by atoms with Gasteiger partial charge in [0.1, 0.15) is 5.82 Å². The van der Waals surface area contributed by atoms with Gasteiger partial charge in [-0.25, -0.2) is 4.39 Å². The molecule has 0 aliphatic heterocycles. The largest absolute Gasteiger partial charge is 0.480 e. The predicted molar refractivity (Wildman–Crippen MR) is 76.0 cm³/mol. The van der Waals surface area contributed by atoms with Crippen LogP contribution in [0.3, 0.4) is 0 Å². The highest BCUT2D eigenvalue weighted by Crippen LogP contribution is 2.18. The first-order valence-electron chi connectivity index (χ1n) is 6.10. The van der Waals surface area contributed by atoms with Gasteiger partial charge in [0, 0.05) is 18.7 Å². The highest BCUT2D eigenvalue weighted by Gasteiger charge is 2.15. The molecule has 0 aromatic heterocycles. The summed E-state index contributed by atoms with van der Waals surface area (Å²) in [5.41, 5.74) is -0.00795. The molecule has 0 unspecified atom stereocenters. The first-order valence-corrected chi connectivity index (χ1v) is 6.48. The zero-order chi connectivity index (χ0) is 15.8. The lowest BCUT2D eigenvalue weighted by atomic mass is 10.3. The van der Waals surface area contributed by atoms with Crippen LogP contribution in [0, 0.1) is 5.82 Å². The minimum Gasteiger partial charge on any atom is -0.480 e. The van der Waals surface area contributed by atoms with Crippen molar-refractivity contribution in [3.8, 4) is 0 Å². The van der Waals surface area contributed by atoms with Crippen LogP contribution in [0.25, 0.3) is 0 Å². The number of nitrogens with zero attached hydrogens (tertiary/aromatic N) is 1. The fraction of sp³-hybridized carbons (Fsp3) is 0.385. The highest BCUT2D eigenvalue weighted by atomic mass is 35.5. The fourth-order valence-corrected chi connectivity index (χ4v) is 1.77. The molecule has 2 N–H and O–H groups in total. The van der Waals surface area contributed by atoms with E-state index in [-0.39, 0.29) is 37.0 Å². The van der Waals surface area contributed by atoms with Crippen molar-refractivity contribution in [3.63, 3.8) is 0 Å². The molecular formula is C13H16ClFN2O4. The van der Waals surface area contributed by atoms with E-state index in [0.29, 0.717) is 0 Å². The van der Waals surface area contributed by atoms with Gasteiger partial charge < -0.3 is 15.2 Å². The summed E-state index contributed by atoms with van der Waals surface area (Å²) in [4.78, 5) is 23.9. The summed E-state index contributed by atoms with van der Waals surface area (Å²) in [6, 6.07) is 3.86. The summed E-state index contributed by atoms with van der Waals surface area (Å²) in [7, 11) is 1.47. The number of methoxy groups -OCH3 is 1. The number of rotatable bonds is 8. The zero-order valence-electron chi connectivity index (χ0n) is 11.4. The summed E-state index contributed by atoms with van der Waals surface area (Å²) >= 11 is 5.61. The van der Waals surface area contributed by atoms with Gasteiger partial charge in [-0.1, -0.05) is 11.6 Å². The van der Waals surface area contributed by atoms with E-state index < -0.39 is 17.7 Å². The number of ether oxygens (including phenoxy) is 1. The average Bonchev–Trinajstić information content (AvgIpc) is 2.38. The molecule has 0 aliphatic carbocycles. The van der Waals surface area contributed by atoms with Crippen LogP contribution in [0.15, 0.2) is 18.2 Å². The molecule has 1 aromatic carbocycles. The van der Waals surface area contributed by atoms with E-state index >= 15 is 0 Å². The molecule has 0 aliphatic rings. The predicted octanol–water partition coefficient (Wildman–Crippen LogP) is 1.45. The third-order valence-corrected chi connectivity index (χ3v) is 2.78. The molecule has 116 valence electrons. The standard InChI is InChI=1S/C13H16ClFN2O4/c1-21-5-4-17(8-13(19)20)7-12(18)16-11-3-2-9(14)6-10(11)15/h2-3,6H,4-5,7-8H2,1H3,(H,16,18)(H,19,20). The summed E-state index contributed by atoms with van der Waals surface area (Å²) in [5, 5.41) is 11.4. The van der Waals surface area contributed by atoms with Crippen LogP contribution >= 0.6 is 11.6 Å². The van der Waals surface area contributed by atoms with E-state index in [0.717, 1.165) is 6.07 Å². The normalized spacial score (nSPS) is 10.7. The Balaban J connectivity index is 2.61. The van der Waals surface area contributed by atoms with Gasteiger partial charge in [0.25, 0.3) is 0 Å². The number of halogens is 2. The Morgan fingerprint density at radius 2 is 2.14 bits per heavy atom. The molecule has 0 bridgehead atoms. The monoisotopic (exact) mass is 318 g/mol. The molecule has 1 rings (SSSR count). The first kappa shape index (κ1) is 17.4. The second-order valence-corrected chi connectivity index (χ2v) is 4.71. The van der Waals surface area contributed by atoms with Gasteiger partial charge in [-0.05, 0) is 18.2 Å². The van der Waals surface area contributed by atoms with Crippen molar-refractivity contribution in [1.82, 2.24) is 4.90 Å². The Labute approximate surface area is 126 Å². The molecular weight excluding hydrogens is 303 g/mol. The first-order chi connectivity index (χ1) is 9.92. The van der Waals surface area contributed by atoms with Crippen molar-refractivity contribution in [1.29, 1.82) is 0 Å². The summed E-state index contributed by atoms with van der Waals surface area (Å²) in [5.74, 6) is -2.23. The number of anilines is 1. The third kappa shape index (κ3) is 6.52. The zero-order valence-corrected chi connectivity index (χ0v) is 12.2. The molecule has 1 amide bonds. The molecule has 0 saturated carbocycles. The Hall–Kier alpha value is -1.70.